The van der Waals surface area contributed by atoms with Gasteiger partial charge in [0, 0.05) is 41.2 Å². The Morgan fingerprint density at radius 2 is 2.04 bits per heavy atom. The van der Waals surface area contributed by atoms with E-state index >= 15 is 0 Å². The summed E-state index contributed by atoms with van der Waals surface area (Å²) >= 11 is 0. The first-order chi connectivity index (χ1) is 11.6. The molecule has 1 unspecified atom stereocenters. The minimum atomic E-state index is -0.502. The van der Waals surface area contributed by atoms with E-state index in [2.05, 4.69) is 15.5 Å². The Morgan fingerprint density at radius 3 is 2.71 bits per heavy atom. The molecule has 1 atom stereocenters. The Balaban J connectivity index is 1.70. The largest absolute Gasteiger partial charge is 0.271 e. The summed E-state index contributed by atoms with van der Waals surface area (Å²) in [4.78, 5) is 26.6. The molecule has 0 radical (unpaired) electrons. The van der Waals surface area contributed by atoms with E-state index < -0.39 is 4.92 Å². The fraction of sp³-hybridized carbons (Fsp3) is 0.235. The highest BCUT2D eigenvalue weighted by molar-refractivity contribution is 5.97. The molecule has 1 aliphatic rings. The van der Waals surface area contributed by atoms with E-state index in [0.29, 0.717) is 5.56 Å². The van der Waals surface area contributed by atoms with Gasteiger partial charge in [0.15, 0.2) is 0 Å². The number of hydrogen-bond donors (Lipinski definition) is 1. The lowest BCUT2D eigenvalue weighted by Crippen LogP contribution is -2.20. The summed E-state index contributed by atoms with van der Waals surface area (Å²) in [5.41, 5.74) is 4.68. The van der Waals surface area contributed by atoms with E-state index in [9.17, 15) is 14.9 Å². The number of carbonyl (C=O) groups excluding carboxylic acids is 1. The molecule has 0 saturated heterocycles. The van der Waals surface area contributed by atoms with Crippen LogP contribution in [0.3, 0.4) is 0 Å². The average molecular weight is 324 g/mol. The van der Waals surface area contributed by atoms with Crippen molar-refractivity contribution in [3.63, 3.8) is 0 Å². The van der Waals surface area contributed by atoms with Crippen LogP contribution in [0.25, 0.3) is 0 Å². The van der Waals surface area contributed by atoms with E-state index in [1.807, 2.05) is 18.2 Å². The number of rotatable bonds is 4. The van der Waals surface area contributed by atoms with Crippen molar-refractivity contribution in [1.82, 2.24) is 10.4 Å². The van der Waals surface area contributed by atoms with Crippen molar-refractivity contribution < 1.29 is 9.72 Å². The number of non-ortho nitro benzene ring substituents is 1. The topological polar surface area (TPSA) is 97.5 Å². The summed E-state index contributed by atoms with van der Waals surface area (Å²) < 4.78 is 0. The van der Waals surface area contributed by atoms with E-state index in [4.69, 9.17) is 0 Å². The maximum absolute atomic E-state index is 12.1. The zero-order valence-electron chi connectivity index (χ0n) is 12.9. The number of pyridine rings is 1. The number of benzene rings is 1. The number of hydrogen-bond acceptors (Lipinski definition) is 5. The van der Waals surface area contributed by atoms with Crippen molar-refractivity contribution in [3.8, 4) is 0 Å². The monoisotopic (exact) mass is 324 g/mol. The average Bonchev–Trinajstić information content (AvgIpc) is 3.09. The molecular formula is C17H16N4O3. The third-order valence-corrected chi connectivity index (χ3v) is 4.01. The Bertz CT molecular complexity index is 772. The molecule has 7 heteroatoms. The zero-order chi connectivity index (χ0) is 16.9. The highest BCUT2D eigenvalue weighted by atomic mass is 16.6. The highest BCUT2D eigenvalue weighted by Gasteiger charge is 2.25. The summed E-state index contributed by atoms with van der Waals surface area (Å²) in [6.07, 6.45) is 4.54. The number of nitro benzene ring substituents is 1. The number of aromatic nitrogens is 1. The molecule has 1 aliphatic carbocycles. The lowest BCUT2D eigenvalue weighted by Gasteiger charge is -2.10. The molecule has 1 aromatic carbocycles. The van der Waals surface area contributed by atoms with Crippen molar-refractivity contribution in [1.29, 1.82) is 0 Å². The summed E-state index contributed by atoms with van der Waals surface area (Å²) in [5.74, 6) is -0.257. The second kappa shape index (κ2) is 6.99. The molecule has 2 aromatic rings. The van der Waals surface area contributed by atoms with Gasteiger partial charge >= 0.3 is 0 Å². The summed E-state index contributed by atoms with van der Waals surface area (Å²) in [6.45, 7) is 0. The number of nitrogens with one attached hydrogen (secondary N) is 1. The summed E-state index contributed by atoms with van der Waals surface area (Å²) in [7, 11) is 0. The van der Waals surface area contributed by atoms with Crippen LogP contribution in [0.2, 0.25) is 0 Å². The van der Waals surface area contributed by atoms with E-state index in [-0.39, 0.29) is 17.5 Å². The van der Waals surface area contributed by atoms with Crippen LogP contribution in [0.15, 0.2) is 53.8 Å². The predicted molar refractivity (Wildman–Crippen MR) is 88.8 cm³/mol. The predicted octanol–water partition coefficient (Wildman–Crippen LogP) is 3.04. The second-order valence-corrected chi connectivity index (χ2v) is 5.55. The van der Waals surface area contributed by atoms with Gasteiger partial charge in [-0.25, -0.2) is 5.43 Å². The number of hydrazone groups is 1. The molecule has 1 saturated carbocycles. The normalized spacial score (nSPS) is 18.5. The van der Waals surface area contributed by atoms with Crippen molar-refractivity contribution in [2.75, 3.05) is 0 Å². The fourth-order valence-electron chi connectivity index (χ4n) is 2.78. The maximum atomic E-state index is 12.1. The van der Waals surface area contributed by atoms with Gasteiger partial charge in [0.05, 0.1) is 4.92 Å². The lowest BCUT2D eigenvalue weighted by molar-refractivity contribution is -0.384. The molecule has 122 valence electrons. The molecular weight excluding hydrogens is 308 g/mol. The van der Waals surface area contributed by atoms with Crippen molar-refractivity contribution in [2.45, 2.75) is 25.2 Å². The molecule has 24 heavy (non-hydrogen) atoms. The van der Waals surface area contributed by atoms with Gasteiger partial charge in [-0.1, -0.05) is 6.07 Å². The van der Waals surface area contributed by atoms with Crippen molar-refractivity contribution in [2.24, 2.45) is 5.10 Å². The lowest BCUT2D eigenvalue weighted by atomic mass is 10.0. The van der Waals surface area contributed by atoms with E-state index in [0.717, 1.165) is 30.7 Å². The number of amides is 1. The number of nitro groups is 1. The van der Waals surface area contributed by atoms with Crippen LogP contribution in [-0.4, -0.2) is 21.5 Å². The Hall–Kier alpha value is -3.09. The van der Waals surface area contributed by atoms with Gasteiger partial charge in [0.2, 0.25) is 0 Å². The molecule has 1 amide bonds. The van der Waals surface area contributed by atoms with Gasteiger partial charge in [-0.2, -0.15) is 5.10 Å². The van der Waals surface area contributed by atoms with E-state index in [1.54, 1.807) is 6.20 Å². The molecule has 7 nitrogen and oxygen atoms in total. The molecule has 0 spiro atoms. The molecule has 0 aliphatic heterocycles. The molecule has 1 heterocycles. The smallest absolute Gasteiger partial charge is 0.267 e. The van der Waals surface area contributed by atoms with Crippen molar-refractivity contribution in [3.05, 3.63) is 70.0 Å². The summed E-state index contributed by atoms with van der Waals surface area (Å²) in [6, 6.07) is 11.2. The fourth-order valence-corrected chi connectivity index (χ4v) is 2.78. The number of carbonyl (C=O) groups is 1. The molecule has 1 fully saturated rings. The van der Waals surface area contributed by atoms with Crippen LogP contribution in [0.1, 0.15) is 41.2 Å². The first kappa shape index (κ1) is 15.8. The second-order valence-electron chi connectivity index (χ2n) is 5.55. The Kier molecular flexibility index (Phi) is 4.60. The van der Waals surface area contributed by atoms with Crippen LogP contribution in [0.5, 0.6) is 0 Å². The highest BCUT2D eigenvalue weighted by Crippen LogP contribution is 2.30. The molecule has 1 aromatic heterocycles. The van der Waals surface area contributed by atoms with Gasteiger partial charge in [0.25, 0.3) is 11.6 Å². The minimum absolute atomic E-state index is 0.0520. The maximum Gasteiger partial charge on any atom is 0.271 e. The van der Waals surface area contributed by atoms with Gasteiger partial charge < -0.3 is 0 Å². The quantitative estimate of drug-likeness (QED) is 0.690. The molecule has 1 N–H and O–H groups in total. The van der Waals surface area contributed by atoms with E-state index in [1.165, 1.54) is 24.3 Å². The van der Waals surface area contributed by atoms with Gasteiger partial charge in [0.1, 0.15) is 0 Å². The van der Waals surface area contributed by atoms with Crippen LogP contribution in [0.4, 0.5) is 5.69 Å². The van der Waals surface area contributed by atoms with Crippen LogP contribution < -0.4 is 5.43 Å². The van der Waals surface area contributed by atoms with Crippen LogP contribution in [-0.2, 0) is 0 Å². The number of nitrogens with zero attached hydrogens (tertiary/aromatic N) is 3. The third kappa shape index (κ3) is 3.45. The Morgan fingerprint density at radius 1 is 1.25 bits per heavy atom. The first-order valence-corrected chi connectivity index (χ1v) is 7.67. The molecule has 3 rings (SSSR count). The molecule has 0 bridgehead atoms. The van der Waals surface area contributed by atoms with Crippen LogP contribution >= 0.6 is 0 Å². The zero-order valence-corrected chi connectivity index (χ0v) is 12.9. The van der Waals surface area contributed by atoms with Crippen molar-refractivity contribution >= 4 is 17.3 Å². The van der Waals surface area contributed by atoms with Crippen LogP contribution in [0, 0.1) is 10.1 Å². The SMILES string of the molecule is O=C(N/N=C1\CCCC1c1ccccn1)c1ccc([N+](=O)[O-])cc1. The van der Waals surface area contributed by atoms with Gasteiger partial charge in [-0.3, -0.25) is 19.9 Å². The first-order valence-electron chi connectivity index (χ1n) is 7.67. The Labute approximate surface area is 138 Å². The minimum Gasteiger partial charge on any atom is -0.267 e. The van der Waals surface area contributed by atoms with Gasteiger partial charge in [-0.05, 0) is 43.5 Å². The van der Waals surface area contributed by atoms with Gasteiger partial charge in [-0.15, -0.1) is 0 Å². The summed E-state index contributed by atoms with van der Waals surface area (Å²) in [5, 5.41) is 14.9. The standard InChI is InChI=1S/C17H16N4O3/c22-17(12-7-9-13(10-8-12)21(23)24)20-19-16-6-3-4-14(16)15-5-1-2-11-18-15/h1-2,5,7-11,14H,3-4,6H2,(H,20,22)/b19-16+. The third-order valence-electron chi connectivity index (χ3n) is 4.01.